The fraction of sp³-hybridized carbons (Fsp3) is 0.320. The Bertz CT molecular complexity index is 1770. The second-order valence-corrected chi connectivity index (χ2v) is 12.4. The third kappa shape index (κ3) is 2.51. The van der Waals surface area contributed by atoms with Crippen molar-refractivity contribution in [2.24, 2.45) is 17.8 Å². The standard InChI is InChI=1S/C25H20N6O4S2/c1-30-8-28-23(11(30)4-10(26)24(34)35)37-22-19-12(32)5-13-25(22)6-14(36-13)29-18-16(25)20-15-9(2-3-31(19)20)7-27-17(15)21(18)33/h5,7-8,10,14H,2-4,6,26H2,1H3,(H2,27,29,33,34,35)/p+1/t10?,14?,25-/m1/s1. The van der Waals surface area contributed by atoms with Crippen LogP contribution in [0.25, 0.3) is 5.57 Å². The number of rotatable bonds is 5. The Morgan fingerprint density at radius 1 is 1.49 bits per heavy atom. The number of thioether (sulfide) groups is 2. The number of aryl methyl sites for hydroxylation is 1. The minimum atomic E-state index is -1.08. The van der Waals surface area contributed by atoms with Gasteiger partial charge >= 0.3 is 5.97 Å². The molecular weight excluding hydrogens is 512 g/mol. The van der Waals surface area contributed by atoms with Crippen molar-refractivity contribution < 1.29 is 19.8 Å². The molecule has 5 N–H and O–H groups in total. The molecule has 2 aromatic rings. The highest BCUT2D eigenvalue weighted by atomic mass is 32.2. The van der Waals surface area contributed by atoms with Gasteiger partial charge in [0, 0.05) is 37.1 Å². The summed E-state index contributed by atoms with van der Waals surface area (Å²) in [6.07, 6.45) is 6.84. The second kappa shape index (κ2) is 6.94. The number of aliphatic imine (C=N–C) groups is 1. The summed E-state index contributed by atoms with van der Waals surface area (Å²) in [6, 6.07) is -1.06. The molecule has 0 amide bonds. The summed E-state index contributed by atoms with van der Waals surface area (Å²) in [5, 5.41) is 26.9. The summed E-state index contributed by atoms with van der Waals surface area (Å²) in [5.74, 6) is -0.962. The van der Waals surface area contributed by atoms with Gasteiger partial charge < -0.3 is 25.8 Å². The Kier molecular flexibility index (Phi) is 4.07. The van der Waals surface area contributed by atoms with Gasteiger partial charge in [-0.15, -0.1) is 11.8 Å². The minimum Gasteiger partial charge on any atom is -0.504 e. The second-order valence-electron chi connectivity index (χ2n) is 10.1. The number of nitrogens with one attached hydrogen (secondary N) is 1. The normalized spacial score (nSPS) is 26.1. The highest BCUT2D eigenvalue weighted by Gasteiger charge is 2.63. The Morgan fingerprint density at radius 3 is 3.14 bits per heavy atom. The summed E-state index contributed by atoms with van der Waals surface area (Å²) in [7, 11) is 1.82. The van der Waals surface area contributed by atoms with E-state index in [0.29, 0.717) is 40.8 Å². The average Bonchev–Trinajstić information content (AvgIpc) is 3.52. The zero-order valence-electron chi connectivity index (χ0n) is 19.6. The van der Waals surface area contributed by atoms with E-state index in [1.54, 1.807) is 28.7 Å². The van der Waals surface area contributed by atoms with Crippen molar-refractivity contribution in [1.29, 1.82) is 0 Å². The topological polar surface area (TPSA) is 146 Å². The van der Waals surface area contributed by atoms with Crippen molar-refractivity contribution in [3.05, 3.63) is 49.7 Å². The quantitative estimate of drug-likeness (QED) is 0.318. The average molecular weight is 534 g/mol. The van der Waals surface area contributed by atoms with Gasteiger partial charge in [-0.1, -0.05) is 11.8 Å². The molecule has 1 fully saturated rings. The molecule has 0 saturated carbocycles. The van der Waals surface area contributed by atoms with Crippen LogP contribution >= 0.6 is 23.5 Å². The smallest absolute Gasteiger partial charge is 0.320 e. The monoisotopic (exact) mass is 533 g/mol. The number of phenolic OH excluding ortho intramolecular Hbond substituents is 1. The van der Waals surface area contributed by atoms with Gasteiger partial charge in [-0.25, -0.2) is 4.98 Å². The van der Waals surface area contributed by atoms with Crippen LogP contribution in [-0.4, -0.2) is 55.7 Å². The highest BCUT2D eigenvalue weighted by molar-refractivity contribution is 8.05. The Hall–Kier alpha value is -3.35. The van der Waals surface area contributed by atoms with Gasteiger partial charge in [0.05, 0.1) is 44.2 Å². The molecule has 1 aromatic carbocycles. The third-order valence-corrected chi connectivity index (χ3v) is 10.8. The summed E-state index contributed by atoms with van der Waals surface area (Å²) < 4.78 is 3.90. The third-order valence-electron chi connectivity index (χ3n) is 8.20. The maximum absolute atomic E-state index is 13.8. The van der Waals surface area contributed by atoms with Gasteiger partial charge in [0.15, 0.2) is 12.3 Å². The lowest BCUT2D eigenvalue weighted by Gasteiger charge is -2.41. The van der Waals surface area contributed by atoms with Crippen LogP contribution < -0.4 is 26.2 Å². The molecule has 12 heteroatoms. The first-order valence-corrected chi connectivity index (χ1v) is 13.7. The van der Waals surface area contributed by atoms with Crippen molar-refractivity contribution in [3.63, 3.8) is 0 Å². The molecular formula is C25H21N6O4S2+. The molecule has 10 nitrogen and oxygen atoms in total. The van der Waals surface area contributed by atoms with Crippen LogP contribution in [-0.2, 0) is 28.5 Å². The number of hydrogen-bond donors (Lipinski definition) is 4. The number of nitrogens with zero attached hydrogens (tertiary/aromatic N) is 4. The molecule has 3 atom stereocenters. The van der Waals surface area contributed by atoms with E-state index in [1.807, 2.05) is 13.3 Å². The van der Waals surface area contributed by atoms with Crippen LogP contribution in [0, 0.1) is 0 Å². The van der Waals surface area contributed by atoms with Gasteiger partial charge in [0.25, 0.3) is 11.5 Å². The number of imidazole rings is 1. The molecule has 8 rings (SSSR count). The van der Waals surface area contributed by atoms with E-state index in [4.69, 9.17) is 5.73 Å². The maximum atomic E-state index is 13.8. The number of allylic oxidation sites excluding steroid dienone is 3. The lowest BCUT2D eigenvalue weighted by atomic mass is 9.68. The number of fused-ring (bicyclic) bond motifs is 2. The van der Waals surface area contributed by atoms with E-state index in [1.165, 1.54) is 11.8 Å². The molecule has 6 heterocycles. The van der Waals surface area contributed by atoms with E-state index in [0.717, 1.165) is 37.9 Å². The molecule has 5 aliphatic heterocycles. The maximum Gasteiger partial charge on any atom is 0.320 e. The summed E-state index contributed by atoms with van der Waals surface area (Å²) in [5.41, 5.74) is 10.0. The zero-order chi connectivity index (χ0) is 25.4. The van der Waals surface area contributed by atoms with Crippen LogP contribution in [0.15, 0.2) is 37.9 Å². The van der Waals surface area contributed by atoms with Gasteiger partial charge in [-0.05, 0) is 12.0 Å². The number of aromatic nitrogens is 2. The zero-order valence-corrected chi connectivity index (χ0v) is 21.2. The predicted octanol–water partition coefficient (Wildman–Crippen LogP) is 0.452. The molecule has 2 unspecified atom stereocenters. The largest absolute Gasteiger partial charge is 0.504 e. The number of benzene rings is 1. The van der Waals surface area contributed by atoms with E-state index in [2.05, 4.69) is 19.9 Å². The van der Waals surface area contributed by atoms with Crippen LogP contribution in [0.2, 0.25) is 0 Å². The Morgan fingerprint density at radius 2 is 2.32 bits per heavy atom. The fourth-order valence-electron chi connectivity index (χ4n) is 6.58. The molecule has 1 saturated heterocycles. The number of anilines is 1. The number of aliphatic carboxylic acids is 1. The molecule has 6 aliphatic rings. The van der Waals surface area contributed by atoms with Gasteiger partial charge in [0.2, 0.25) is 5.36 Å². The van der Waals surface area contributed by atoms with Crippen molar-refractivity contribution >= 4 is 58.4 Å². The molecule has 0 radical (unpaired) electrons. The van der Waals surface area contributed by atoms with Crippen LogP contribution in [0.3, 0.4) is 0 Å². The number of aromatic hydroxyl groups is 1. The number of carboxylic acid groups (broad SMARTS) is 1. The first-order chi connectivity index (χ1) is 17.8. The molecule has 37 heavy (non-hydrogen) atoms. The van der Waals surface area contributed by atoms with Gasteiger partial charge in [-0.3, -0.25) is 14.6 Å². The number of carboxylic acids is 1. The summed E-state index contributed by atoms with van der Waals surface area (Å²) >= 11 is 3.07. The number of ketones is 1. The lowest BCUT2D eigenvalue weighted by molar-refractivity contribution is -0.138. The van der Waals surface area contributed by atoms with Crippen molar-refractivity contribution in [2.45, 2.75) is 41.1 Å². The van der Waals surface area contributed by atoms with Gasteiger partial charge in [-0.2, -0.15) is 4.58 Å². The Balaban J connectivity index is 1.43. The number of carbonyl (C=O) groups is 2. The van der Waals surface area contributed by atoms with Gasteiger partial charge in [0.1, 0.15) is 16.8 Å². The predicted molar refractivity (Wildman–Crippen MR) is 139 cm³/mol. The Labute approximate surface area is 218 Å². The molecule has 1 spiro atoms. The number of phenols is 1. The first kappa shape index (κ1) is 21.7. The fourth-order valence-corrected chi connectivity index (χ4v) is 9.54. The van der Waals surface area contributed by atoms with Crippen LogP contribution in [0.4, 0.5) is 11.4 Å². The molecule has 3 bridgehead atoms. The molecule has 1 aromatic heterocycles. The van der Waals surface area contributed by atoms with Crippen molar-refractivity contribution in [1.82, 2.24) is 14.1 Å². The van der Waals surface area contributed by atoms with Crippen LogP contribution in [0.5, 0.6) is 5.75 Å². The van der Waals surface area contributed by atoms with E-state index in [-0.39, 0.29) is 23.3 Å². The first-order valence-electron chi connectivity index (χ1n) is 12.0. The SMILES string of the molecule is Cn1cnc(SC2=C3C(=O)C=C4SC5C[C@]42c2c(c(O)c4c6c2=[N+]3CCC=6C=N4)N5)c1CC(N)C(=O)O. The number of nitrogens with two attached hydrogens (primary N) is 1. The highest BCUT2D eigenvalue weighted by Crippen LogP contribution is 2.66. The van der Waals surface area contributed by atoms with E-state index < -0.39 is 17.4 Å². The molecule has 186 valence electrons. The van der Waals surface area contributed by atoms with E-state index >= 15 is 0 Å². The number of carbonyl (C=O) groups excluding carboxylic acids is 1. The molecule has 1 aliphatic carbocycles. The lowest BCUT2D eigenvalue weighted by Crippen LogP contribution is -2.57. The van der Waals surface area contributed by atoms with Crippen molar-refractivity contribution in [2.75, 3.05) is 11.9 Å². The van der Waals surface area contributed by atoms with E-state index in [9.17, 15) is 19.8 Å². The minimum absolute atomic E-state index is 0.00902. The van der Waals surface area contributed by atoms with Crippen molar-refractivity contribution in [3.8, 4) is 5.75 Å². The summed E-state index contributed by atoms with van der Waals surface area (Å²) in [6.45, 7) is 0.630. The van der Waals surface area contributed by atoms with Crippen LogP contribution in [0.1, 0.15) is 24.1 Å². The number of hydrogen-bond acceptors (Lipinski definition) is 9. The summed E-state index contributed by atoms with van der Waals surface area (Å²) in [4.78, 5) is 36.3.